The van der Waals surface area contributed by atoms with Crippen LogP contribution in [-0.4, -0.2) is 37.8 Å². The number of carbonyl (C=O) groups excluding carboxylic acids is 2. The molecule has 1 atom stereocenters. The number of anilines is 4. The van der Waals surface area contributed by atoms with Gasteiger partial charge in [-0.15, -0.1) is 0 Å². The number of nitrogens with one attached hydrogen (secondary N) is 1. The number of amides is 3. The number of benzene rings is 2. The van der Waals surface area contributed by atoms with Gasteiger partial charge in [0.2, 0.25) is 11.9 Å². The number of carbonyl (C=O) groups is 2. The number of nitrogen functional groups attached to an aromatic ring is 1. The highest BCUT2D eigenvalue weighted by Crippen LogP contribution is 2.27. The van der Waals surface area contributed by atoms with Crippen LogP contribution < -0.4 is 16.0 Å². The van der Waals surface area contributed by atoms with Crippen molar-refractivity contribution in [3.05, 3.63) is 65.5 Å². The fourth-order valence-corrected chi connectivity index (χ4v) is 3.69. The predicted molar refractivity (Wildman–Crippen MR) is 122 cm³/mol. The van der Waals surface area contributed by atoms with Gasteiger partial charge in [0.05, 0.1) is 6.54 Å². The fourth-order valence-electron chi connectivity index (χ4n) is 3.69. The van der Waals surface area contributed by atoms with Crippen LogP contribution in [-0.2, 0) is 17.8 Å². The number of aromatic nitrogens is 3. The molecule has 1 unspecified atom stereocenters. The van der Waals surface area contributed by atoms with Crippen LogP contribution in [0.2, 0.25) is 0 Å². The van der Waals surface area contributed by atoms with Crippen molar-refractivity contribution in [1.29, 1.82) is 0 Å². The third kappa shape index (κ3) is 4.09. The summed E-state index contributed by atoms with van der Waals surface area (Å²) in [6.07, 6.45) is 0.833. The molecule has 0 radical (unpaired) electrons. The molecule has 32 heavy (non-hydrogen) atoms. The maximum atomic E-state index is 13.1. The summed E-state index contributed by atoms with van der Waals surface area (Å²) in [5.74, 6) is 0.180. The Kier molecular flexibility index (Phi) is 5.72. The number of hydrogen-bond donors (Lipinski definition) is 2. The van der Waals surface area contributed by atoms with E-state index >= 15 is 0 Å². The first kappa shape index (κ1) is 21.2. The van der Waals surface area contributed by atoms with Crippen LogP contribution in [0.1, 0.15) is 30.8 Å². The van der Waals surface area contributed by atoms with E-state index in [1.165, 1.54) is 4.90 Å². The molecule has 2 aromatic carbocycles. The van der Waals surface area contributed by atoms with Crippen LogP contribution in [0, 0.1) is 6.92 Å². The molecular weight excluding hydrogens is 406 g/mol. The topological polar surface area (TPSA) is 117 Å². The summed E-state index contributed by atoms with van der Waals surface area (Å²) < 4.78 is 0. The third-order valence-corrected chi connectivity index (χ3v) is 5.40. The van der Waals surface area contributed by atoms with E-state index < -0.39 is 12.1 Å². The second-order valence-electron chi connectivity index (χ2n) is 7.66. The number of aryl methyl sites for hydroxylation is 2. The van der Waals surface area contributed by atoms with Gasteiger partial charge in [-0.25, -0.2) is 4.79 Å². The van der Waals surface area contributed by atoms with E-state index in [0.717, 1.165) is 28.1 Å². The highest BCUT2D eigenvalue weighted by atomic mass is 16.2. The molecule has 4 rings (SSSR count). The molecule has 0 bridgehead atoms. The maximum Gasteiger partial charge on any atom is 0.332 e. The zero-order valence-corrected chi connectivity index (χ0v) is 18.2. The minimum absolute atomic E-state index is 0.00835. The van der Waals surface area contributed by atoms with Crippen molar-refractivity contribution in [1.82, 2.24) is 19.9 Å². The molecule has 1 aromatic heterocycles. The van der Waals surface area contributed by atoms with Gasteiger partial charge in [0.1, 0.15) is 6.04 Å². The molecule has 0 saturated carbocycles. The van der Waals surface area contributed by atoms with Crippen LogP contribution in [0.5, 0.6) is 0 Å². The van der Waals surface area contributed by atoms with Crippen molar-refractivity contribution in [2.24, 2.45) is 0 Å². The number of nitrogens with two attached hydrogens (primary N) is 1. The van der Waals surface area contributed by atoms with E-state index in [1.54, 1.807) is 6.92 Å². The van der Waals surface area contributed by atoms with Crippen LogP contribution in [0.3, 0.4) is 0 Å². The summed E-state index contributed by atoms with van der Waals surface area (Å²) in [5, 5.41) is 3.16. The molecule has 3 N–H and O–H groups in total. The van der Waals surface area contributed by atoms with Gasteiger partial charge in [0, 0.05) is 11.4 Å². The Bertz CT molecular complexity index is 1160. The van der Waals surface area contributed by atoms with Crippen molar-refractivity contribution >= 4 is 35.2 Å². The Labute approximate surface area is 186 Å². The first-order chi connectivity index (χ1) is 15.4. The second-order valence-corrected chi connectivity index (χ2v) is 7.66. The van der Waals surface area contributed by atoms with Crippen molar-refractivity contribution in [3.8, 4) is 0 Å². The van der Waals surface area contributed by atoms with Crippen LogP contribution in [0.4, 0.5) is 28.1 Å². The molecule has 1 fully saturated rings. The number of rotatable bonds is 6. The van der Waals surface area contributed by atoms with Crippen LogP contribution >= 0.6 is 0 Å². The van der Waals surface area contributed by atoms with Gasteiger partial charge < -0.3 is 11.1 Å². The lowest BCUT2D eigenvalue weighted by Crippen LogP contribution is -2.34. The molecule has 1 aliphatic rings. The van der Waals surface area contributed by atoms with E-state index in [4.69, 9.17) is 5.73 Å². The number of urea groups is 1. The number of para-hydroxylation sites is 1. The van der Waals surface area contributed by atoms with Gasteiger partial charge in [-0.1, -0.05) is 42.8 Å². The van der Waals surface area contributed by atoms with E-state index in [2.05, 4.69) is 27.2 Å². The Morgan fingerprint density at radius 2 is 1.75 bits per heavy atom. The molecule has 9 nitrogen and oxygen atoms in total. The lowest BCUT2D eigenvalue weighted by atomic mass is 10.1. The van der Waals surface area contributed by atoms with Gasteiger partial charge in [-0.2, -0.15) is 15.0 Å². The average molecular weight is 432 g/mol. The second kappa shape index (κ2) is 8.62. The van der Waals surface area contributed by atoms with Gasteiger partial charge >= 0.3 is 6.03 Å². The molecular formula is C23H25N7O2. The Hall–Kier alpha value is -4.01. The Morgan fingerprint density at radius 1 is 1.03 bits per heavy atom. The number of imide groups is 1. The molecule has 164 valence electrons. The highest BCUT2D eigenvalue weighted by Gasteiger charge is 2.43. The SMILES string of the molecule is CCc1ccccc1Nc1nc(N)nc(CN2C(=O)C(C)N(c3ccc(C)cc3)C2=O)n1. The van der Waals surface area contributed by atoms with Crippen molar-refractivity contribution in [3.63, 3.8) is 0 Å². The molecule has 1 aliphatic heterocycles. The van der Waals surface area contributed by atoms with Crippen molar-refractivity contribution in [2.75, 3.05) is 16.0 Å². The monoisotopic (exact) mass is 431 g/mol. The van der Waals surface area contributed by atoms with Crippen molar-refractivity contribution < 1.29 is 9.59 Å². The van der Waals surface area contributed by atoms with Crippen LogP contribution in [0.25, 0.3) is 0 Å². The summed E-state index contributed by atoms with van der Waals surface area (Å²) in [7, 11) is 0. The fraction of sp³-hybridized carbons (Fsp3) is 0.261. The molecule has 0 aliphatic carbocycles. The normalized spacial score (nSPS) is 16.0. The maximum absolute atomic E-state index is 13.1. The van der Waals surface area contributed by atoms with E-state index in [1.807, 2.05) is 55.5 Å². The molecule has 3 aromatic rings. The first-order valence-corrected chi connectivity index (χ1v) is 10.4. The van der Waals surface area contributed by atoms with Crippen LogP contribution in [0.15, 0.2) is 48.5 Å². The predicted octanol–water partition coefficient (Wildman–Crippen LogP) is 3.43. The molecule has 9 heteroatoms. The molecule has 1 saturated heterocycles. The quantitative estimate of drug-likeness (QED) is 0.574. The van der Waals surface area contributed by atoms with E-state index in [-0.39, 0.29) is 30.2 Å². The lowest BCUT2D eigenvalue weighted by Gasteiger charge is -2.19. The summed E-state index contributed by atoms with van der Waals surface area (Å²) in [4.78, 5) is 41.2. The minimum Gasteiger partial charge on any atom is -0.368 e. The third-order valence-electron chi connectivity index (χ3n) is 5.40. The lowest BCUT2D eigenvalue weighted by molar-refractivity contribution is -0.127. The first-order valence-electron chi connectivity index (χ1n) is 10.4. The van der Waals surface area contributed by atoms with Gasteiger partial charge in [0.15, 0.2) is 5.82 Å². The minimum atomic E-state index is -0.626. The van der Waals surface area contributed by atoms with E-state index in [0.29, 0.717) is 5.69 Å². The highest BCUT2D eigenvalue weighted by molar-refractivity contribution is 6.13. The average Bonchev–Trinajstić information content (AvgIpc) is 2.98. The van der Waals surface area contributed by atoms with Crippen molar-refractivity contribution in [2.45, 2.75) is 39.8 Å². The standard InChI is InChI=1S/C23H25N7O2/c1-4-16-7-5-6-8-18(16)25-22-27-19(26-21(24)28-22)13-29-20(31)15(3)30(23(29)32)17-11-9-14(2)10-12-17/h5-12,15H,4,13H2,1-3H3,(H3,24,25,26,27,28). The number of nitrogens with zero attached hydrogens (tertiary/aromatic N) is 5. The van der Waals surface area contributed by atoms with E-state index in [9.17, 15) is 9.59 Å². The summed E-state index contributed by atoms with van der Waals surface area (Å²) in [6, 6.07) is 14.2. The molecule has 3 amide bonds. The smallest absolute Gasteiger partial charge is 0.332 e. The zero-order valence-electron chi connectivity index (χ0n) is 18.2. The largest absolute Gasteiger partial charge is 0.368 e. The molecule has 2 heterocycles. The summed E-state index contributed by atoms with van der Waals surface area (Å²) >= 11 is 0. The Balaban J connectivity index is 1.58. The zero-order chi connectivity index (χ0) is 22.8. The summed E-state index contributed by atoms with van der Waals surface area (Å²) in [6.45, 7) is 5.63. The number of hydrogen-bond acceptors (Lipinski definition) is 7. The molecule has 0 spiro atoms. The Morgan fingerprint density at radius 3 is 2.47 bits per heavy atom. The van der Waals surface area contributed by atoms with Gasteiger partial charge in [0.25, 0.3) is 5.91 Å². The summed E-state index contributed by atoms with van der Waals surface area (Å²) in [5.41, 5.74) is 9.58. The van der Waals surface area contributed by atoms with Gasteiger partial charge in [-0.05, 0) is 44.0 Å². The van der Waals surface area contributed by atoms with Gasteiger partial charge in [-0.3, -0.25) is 14.6 Å².